The lowest BCUT2D eigenvalue weighted by molar-refractivity contribution is 0.124. The van der Waals surface area contributed by atoms with Gasteiger partial charge in [-0.1, -0.05) is 6.07 Å². The molecule has 3 nitrogen and oxygen atoms in total. The lowest BCUT2D eigenvalue weighted by Crippen LogP contribution is -2.06. The average Bonchev–Trinajstić information content (AvgIpc) is 3.18. The normalized spacial score (nSPS) is 14.3. The molecule has 90 valence electrons. The summed E-state index contributed by atoms with van der Waals surface area (Å²) in [6.07, 6.45) is 3.70. The Morgan fingerprint density at radius 2 is 2.29 bits per heavy atom. The number of benzene rings is 1. The zero-order valence-corrected chi connectivity index (χ0v) is 9.98. The summed E-state index contributed by atoms with van der Waals surface area (Å²) in [5, 5.41) is 12.1. The number of nitriles is 1. The Bertz CT molecular complexity index is 393. The maximum Gasteiger partial charge on any atom is 0.0992 e. The minimum atomic E-state index is 0.694. The van der Waals surface area contributed by atoms with E-state index in [9.17, 15) is 0 Å². The predicted octanol–water partition coefficient (Wildman–Crippen LogP) is 2.79. The van der Waals surface area contributed by atoms with E-state index in [1.54, 1.807) is 0 Å². The van der Waals surface area contributed by atoms with Gasteiger partial charge in [-0.15, -0.1) is 0 Å². The molecule has 1 aromatic carbocycles. The first-order valence-corrected chi connectivity index (χ1v) is 6.20. The molecular weight excluding hydrogens is 212 g/mol. The number of ether oxygens (including phenoxy) is 1. The Morgan fingerprint density at radius 3 is 3.06 bits per heavy atom. The molecule has 2 rings (SSSR count). The highest BCUT2D eigenvalue weighted by atomic mass is 16.5. The van der Waals surface area contributed by atoms with Gasteiger partial charge in [-0.2, -0.15) is 5.26 Å². The summed E-state index contributed by atoms with van der Waals surface area (Å²) in [5.74, 6) is 0.843. The Kier molecular flexibility index (Phi) is 4.40. The van der Waals surface area contributed by atoms with Crippen LogP contribution in [0.5, 0.6) is 0 Å². The summed E-state index contributed by atoms with van der Waals surface area (Å²) in [6, 6.07) is 9.68. The van der Waals surface area contributed by atoms with Crippen LogP contribution in [0, 0.1) is 17.2 Å². The van der Waals surface area contributed by atoms with Crippen molar-refractivity contribution in [3.63, 3.8) is 0 Å². The third-order valence-corrected chi connectivity index (χ3v) is 2.84. The van der Waals surface area contributed by atoms with E-state index < -0.39 is 0 Å². The predicted molar refractivity (Wildman–Crippen MR) is 67.8 cm³/mol. The van der Waals surface area contributed by atoms with E-state index in [0.717, 1.165) is 37.8 Å². The van der Waals surface area contributed by atoms with Crippen molar-refractivity contribution in [2.45, 2.75) is 19.3 Å². The molecule has 0 radical (unpaired) electrons. The molecule has 0 amide bonds. The zero-order valence-electron chi connectivity index (χ0n) is 9.98. The minimum Gasteiger partial charge on any atom is -0.385 e. The number of hydrogen-bond acceptors (Lipinski definition) is 3. The second kappa shape index (κ2) is 6.27. The Balaban J connectivity index is 1.58. The van der Waals surface area contributed by atoms with Crippen LogP contribution in [0.15, 0.2) is 24.3 Å². The molecule has 0 aromatic heterocycles. The Labute approximate surface area is 102 Å². The summed E-state index contributed by atoms with van der Waals surface area (Å²) in [4.78, 5) is 0. The summed E-state index contributed by atoms with van der Waals surface area (Å²) >= 11 is 0. The molecule has 0 spiro atoms. The molecule has 0 bridgehead atoms. The third kappa shape index (κ3) is 4.46. The number of nitrogens with zero attached hydrogens (tertiary/aromatic N) is 1. The molecule has 1 aliphatic rings. The molecule has 0 unspecified atom stereocenters. The van der Waals surface area contributed by atoms with Gasteiger partial charge in [-0.05, 0) is 43.4 Å². The number of nitrogens with one attached hydrogen (secondary N) is 1. The first-order valence-electron chi connectivity index (χ1n) is 6.20. The van der Waals surface area contributed by atoms with Gasteiger partial charge >= 0.3 is 0 Å². The topological polar surface area (TPSA) is 45.0 Å². The molecule has 1 N–H and O–H groups in total. The van der Waals surface area contributed by atoms with Crippen LogP contribution in [0.25, 0.3) is 0 Å². The highest BCUT2D eigenvalue weighted by molar-refractivity contribution is 5.48. The van der Waals surface area contributed by atoms with Gasteiger partial charge < -0.3 is 10.1 Å². The van der Waals surface area contributed by atoms with Crippen molar-refractivity contribution in [3.8, 4) is 6.07 Å². The van der Waals surface area contributed by atoms with Crippen LogP contribution in [0.2, 0.25) is 0 Å². The molecule has 0 heterocycles. The van der Waals surface area contributed by atoms with Crippen LogP contribution in [-0.4, -0.2) is 19.8 Å². The van der Waals surface area contributed by atoms with Gasteiger partial charge in [0.25, 0.3) is 0 Å². The quantitative estimate of drug-likeness (QED) is 0.732. The van der Waals surface area contributed by atoms with E-state index in [1.807, 2.05) is 24.3 Å². The van der Waals surface area contributed by atoms with Crippen molar-refractivity contribution in [1.29, 1.82) is 5.26 Å². The van der Waals surface area contributed by atoms with Crippen molar-refractivity contribution >= 4 is 5.69 Å². The van der Waals surface area contributed by atoms with E-state index in [1.165, 1.54) is 12.8 Å². The van der Waals surface area contributed by atoms with E-state index >= 15 is 0 Å². The first-order chi connectivity index (χ1) is 8.38. The molecule has 0 atom stereocenters. The fraction of sp³-hybridized carbons (Fsp3) is 0.500. The van der Waals surface area contributed by atoms with Gasteiger partial charge in [0.1, 0.15) is 0 Å². The summed E-state index contributed by atoms with van der Waals surface area (Å²) in [6.45, 7) is 2.64. The van der Waals surface area contributed by atoms with Crippen LogP contribution in [0.1, 0.15) is 24.8 Å². The van der Waals surface area contributed by atoms with Crippen LogP contribution in [0.3, 0.4) is 0 Å². The van der Waals surface area contributed by atoms with Crippen molar-refractivity contribution in [3.05, 3.63) is 29.8 Å². The van der Waals surface area contributed by atoms with Crippen LogP contribution in [-0.2, 0) is 4.74 Å². The standard InChI is InChI=1S/C14H18N2O/c15-10-13-3-1-4-14(9-13)16-7-2-8-17-11-12-5-6-12/h1,3-4,9,12,16H,2,5-8,11H2. The third-order valence-electron chi connectivity index (χ3n) is 2.84. The Morgan fingerprint density at radius 1 is 1.41 bits per heavy atom. The van der Waals surface area contributed by atoms with Crippen LogP contribution < -0.4 is 5.32 Å². The van der Waals surface area contributed by atoms with Crippen molar-refractivity contribution in [2.75, 3.05) is 25.1 Å². The van der Waals surface area contributed by atoms with Crippen LogP contribution in [0.4, 0.5) is 5.69 Å². The molecule has 1 fully saturated rings. The fourth-order valence-electron chi connectivity index (χ4n) is 1.64. The minimum absolute atomic E-state index is 0.694. The van der Waals surface area contributed by atoms with Gasteiger partial charge in [-0.3, -0.25) is 0 Å². The molecule has 0 aliphatic heterocycles. The molecule has 1 aliphatic carbocycles. The maximum atomic E-state index is 8.76. The molecule has 0 saturated heterocycles. The second-order valence-corrected chi connectivity index (χ2v) is 4.49. The monoisotopic (exact) mass is 230 g/mol. The zero-order chi connectivity index (χ0) is 11.9. The van der Waals surface area contributed by atoms with Crippen molar-refractivity contribution < 1.29 is 4.74 Å². The van der Waals surface area contributed by atoms with E-state index in [0.29, 0.717) is 5.56 Å². The van der Waals surface area contributed by atoms with Gasteiger partial charge in [0.15, 0.2) is 0 Å². The summed E-state index contributed by atoms with van der Waals surface area (Å²) in [5.41, 5.74) is 1.70. The Hall–Kier alpha value is -1.53. The largest absolute Gasteiger partial charge is 0.385 e. The van der Waals surface area contributed by atoms with E-state index in [2.05, 4.69) is 11.4 Å². The summed E-state index contributed by atoms with van der Waals surface area (Å²) < 4.78 is 5.55. The molecule has 1 aromatic rings. The summed E-state index contributed by atoms with van der Waals surface area (Å²) in [7, 11) is 0. The van der Waals surface area contributed by atoms with Gasteiger partial charge in [0.2, 0.25) is 0 Å². The molecular formula is C14H18N2O. The highest BCUT2D eigenvalue weighted by Gasteiger charge is 2.20. The van der Waals surface area contributed by atoms with Gasteiger partial charge in [0.05, 0.1) is 11.6 Å². The van der Waals surface area contributed by atoms with Gasteiger partial charge in [-0.25, -0.2) is 0 Å². The second-order valence-electron chi connectivity index (χ2n) is 4.49. The number of hydrogen-bond donors (Lipinski definition) is 1. The molecule has 3 heteroatoms. The maximum absolute atomic E-state index is 8.76. The van der Waals surface area contributed by atoms with E-state index in [-0.39, 0.29) is 0 Å². The lowest BCUT2D eigenvalue weighted by Gasteiger charge is -2.07. The molecule has 17 heavy (non-hydrogen) atoms. The van der Waals surface area contributed by atoms with Crippen LogP contribution >= 0.6 is 0 Å². The van der Waals surface area contributed by atoms with Crippen molar-refractivity contribution in [2.24, 2.45) is 5.92 Å². The first kappa shape index (κ1) is 11.9. The van der Waals surface area contributed by atoms with E-state index in [4.69, 9.17) is 10.00 Å². The lowest BCUT2D eigenvalue weighted by atomic mass is 10.2. The smallest absolute Gasteiger partial charge is 0.0992 e. The fourth-order valence-corrected chi connectivity index (χ4v) is 1.64. The average molecular weight is 230 g/mol. The highest BCUT2D eigenvalue weighted by Crippen LogP contribution is 2.28. The number of anilines is 1. The number of rotatable bonds is 7. The SMILES string of the molecule is N#Cc1cccc(NCCCOCC2CC2)c1. The van der Waals surface area contributed by atoms with Gasteiger partial charge in [0, 0.05) is 25.4 Å². The molecule has 1 saturated carbocycles. The van der Waals surface area contributed by atoms with Crippen molar-refractivity contribution in [1.82, 2.24) is 0 Å².